The third-order valence-electron chi connectivity index (χ3n) is 2.52. The van der Waals surface area contributed by atoms with E-state index in [-0.39, 0.29) is 18.8 Å². The van der Waals surface area contributed by atoms with Crippen LogP contribution in [-0.4, -0.2) is 47.3 Å². The fraction of sp³-hybridized carbons (Fsp3) is 1.00. The second-order valence-electron chi connectivity index (χ2n) is 3.27. The van der Waals surface area contributed by atoms with Crippen molar-refractivity contribution in [3.63, 3.8) is 0 Å². The summed E-state index contributed by atoms with van der Waals surface area (Å²) in [4.78, 5) is 0. The first kappa shape index (κ1) is 7.49. The lowest BCUT2D eigenvalue weighted by Crippen LogP contribution is -2.44. The molecule has 2 aliphatic rings. The highest BCUT2D eigenvalue weighted by Crippen LogP contribution is 2.39. The van der Waals surface area contributed by atoms with Gasteiger partial charge in [-0.05, 0) is 6.92 Å². The summed E-state index contributed by atoms with van der Waals surface area (Å²) in [7, 11) is 0. The van der Waals surface area contributed by atoms with Gasteiger partial charge in [0.2, 0.25) is 0 Å². The van der Waals surface area contributed by atoms with Crippen molar-refractivity contribution in [1.29, 1.82) is 0 Å². The molecule has 4 atom stereocenters. The lowest BCUT2D eigenvalue weighted by atomic mass is 10.0. The minimum absolute atomic E-state index is 0.106. The topological polar surface area (TPSA) is 58.9 Å². The molecule has 2 N–H and O–H groups in total. The number of fused-ring (bicyclic) bond motifs is 2. The lowest BCUT2D eigenvalue weighted by Gasteiger charge is -2.26. The summed E-state index contributed by atoms with van der Waals surface area (Å²) in [6.07, 6.45) is -1.02. The predicted octanol–water partition coefficient (Wildman–Crippen LogP) is -1.10. The van der Waals surface area contributed by atoms with Crippen LogP contribution < -0.4 is 0 Å². The molecule has 0 aromatic rings. The molecule has 2 fully saturated rings. The van der Waals surface area contributed by atoms with E-state index in [4.69, 9.17) is 14.6 Å². The highest BCUT2D eigenvalue weighted by molar-refractivity contribution is 5.06. The van der Waals surface area contributed by atoms with E-state index in [0.717, 1.165) is 0 Å². The number of aliphatic hydroxyl groups excluding tert-OH is 2. The monoisotopic (exact) mass is 160 g/mol. The summed E-state index contributed by atoms with van der Waals surface area (Å²) >= 11 is 0. The molecule has 2 saturated heterocycles. The minimum Gasteiger partial charge on any atom is -0.393 e. The third-order valence-corrected chi connectivity index (χ3v) is 2.52. The maximum atomic E-state index is 9.54. The summed E-state index contributed by atoms with van der Waals surface area (Å²) in [6, 6.07) is 0. The van der Waals surface area contributed by atoms with Crippen molar-refractivity contribution in [3.05, 3.63) is 0 Å². The van der Waals surface area contributed by atoms with Gasteiger partial charge in [-0.2, -0.15) is 0 Å². The first-order chi connectivity index (χ1) is 5.19. The smallest absolute Gasteiger partial charge is 0.143 e. The zero-order valence-corrected chi connectivity index (χ0v) is 6.36. The zero-order chi connectivity index (χ0) is 8.06. The number of hydrogen-bond donors (Lipinski definition) is 2. The molecule has 11 heavy (non-hydrogen) atoms. The maximum absolute atomic E-state index is 9.54. The van der Waals surface area contributed by atoms with E-state index in [1.54, 1.807) is 0 Å². The van der Waals surface area contributed by atoms with E-state index in [1.807, 2.05) is 6.92 Å². The number of hydrogen-bond acceptors (Lipinski definition) is 4. The van der Waals surface area contributed by atoms with Crippen molar-refractivity contribution in [2.24, 2.45) is 0 Å². The van der Waals surface area contributed by atoms with Gasteiger partial charge in [0.15, 0.2) is 0 Å². The van der Waals surface area contributed by atoms with Crippen LogP contribution in [0.3, 0.4) is 0 Å². The van der Waals surface area contributed by atoms with E-state index in [1.165, 1.54) is 0 Å². The van der Waals surface area contributed by atoms with Gasteiger partial charge in [0.25, 0.3) is 0 Å². The first-order valence-corrected chi connectivity index (χ1v) is 3.78. The lowest BCUT2D eigenvalue weighted by molar-refractivity contribution is -0.155. The average Bonchev–Trinajstić information content (AvgIpc) is 2.42. The van der Waals surface area contributed by atoms with Crippen LogP contribution in [-0.2, 0) is 9.47 Å². The fourth-order valence-electron chi connectivity index (χ4n) is 1.82. The van der Waals surface area contributed by atoms with Crippen molar-refractivity contribution in [2.75, 3.05) is 13.2 Å². The summed E-state index contributed by atoms with van der Waals surface area (Å²) in [5, 5.41) is 18.5. The highest BCUT2D eigenvalue weighted by atomic mass is 16.6. The van der Waals surface area contributed by atoms with Crippen LogP contribution in [0.1, 0.15) is 6.92 Å². The van der Waals surface area contributed by atoms with Crippen LogP contribution in [0.2, 0.25) is 0 Å². The van der Waals surface area contributed by atoms with Crippen molar-refractivity contribution in [2.45, 2.75) is 30.8 Å². The Bertz CT molecular complexity index is 172. The largest absolute Gasteiger partial charge is 0.393 e. The molecule has 2 aliphatic heterocycles. The Hall–Kier alpha value is -0.160. The van der Waals surface area contributed by atoms with Crippen molar-refractivity contribution < 1.29 is 19.7 Å². The molecular formula is C7H12O4. The summed E-state index contributed by atoms with van der Waals surface area (Å²) < 4.78 is 10.6. The normalized spacial score (nSPS) is 55.4. The van der Waals surface area contributed by atoms with Gasteiger partial charge >= 0.3 is 0 Å². The molecular weight excluding hydrogens is 148 g/mol. The fourth-order valence-corrected chi connectivity index (χ4v) is 1.82. The van der Waals surface area contributed by atoms with E-state index in [0.29, 0.717) is 6.61 Å². The quantitative estimate of drug-likeness (QED) is 0.511. The molecule has 0 aromatic heterocycles. The van der Waals surface area contributed by atoms with Crippen LogP contribution in [0.4, 0.5) is 0 Å². The van der Waals surface area contributed by atoms with Gasteiger partial charge in [-0.1, -0.05) is 0 Å². The van der Waals surface area contributed by atoms with Gasteiger partial charge in [0, 0.05) is 0 Å². The van der Waals surface area contributed by atoms with Gasteiger partial charge in [-0.15, -0.1) is 0 Å². The number of rotatable bonds is 1. The summed E-state index contributed by atoms with van der Waals surface area (Å²) in [6.45, 7) is 1.97. The van der Waals surface area contributed by atoms with Gasteiger partial charge in [-0.25, -0.2) is 0 Å². The second-order valence-corrected chi connectivity index (χ2v) is 3.27. The van der Waals surface area contributed by atoms with Crippen LogP contribution in [0, 0.1) is 0 Å². The van der Waals surface area contributed by atoms with Crippen LogP contribution in [0.5, 0.6) is 0 Å². The molecule has 0 aromatic carbocycles. The molecule has 0 aliphatic carbocycles. The highest BCUT2D eigenvalue weighted by Gasteiger charge is 2.59. The Balaban J connectivity index is 2.24. The molecule has 2 bridgehead atoms. The van der Waals surface area contributed by atoms with Gasteiger partial charge in [0.1, 0.15) is 17.8 Å². The molecule has 0 spiro atoms. The van der Waals surface area contributed by atoms with Crippen molar-refractivity contribution in [3.8, 4) is 0 Å². The predicted molar refractivity (Wildman–Crippen MR) is 36.1 cm³/mol. The van der Waals surface area contributed by atoms with E-state index in [2.05, 4.69) is 0 Å². The van der Waals surface area contributed by atoms with E-state index in [9.17, 15) is 5.11 Å². The summed E-state index contributed by atoms with van der Waals surface area (Å²) in [5.74, 6) is 0. The second kappa shape index (κ2) is 2.17. The van der Waals surface area contributed by atoms with E-state index < -0.39 is 11.7 Å². The Morgan fingerprint density at radius 1 is 1.64 bits per heavy atom. The molecule has 64 valence electrons. The van der Waals surface area contributed by atoms with E-state index >= 15 is 0 Å². The van der Waals surface area contributed by atoms with Gasteiger partial charge < -0.3 is 19.7 Å². The Labute approximate surface area is 64.7 Å². The Kier molecular flexibility index (Phi) is 1.47. The van der Waals surface area contributed by atoms with Crippen molar-refractivity contribution in [1.82, 2.24) is 0 Å². The Morgan fingerprint density at radius 2 is 2.36 bits per heavy atom. The molecule has 4 nitrogen and oxygen atoms in total. The molecule has 0 amide bonds. The summed E-state index contributed by atoms with van der Waals surface area (Å²) in [5.41, 5.74) is -0.829. The molecule has 2 unspecified atom stereocenters. The standard InChI is InChI=1S/C7H12O4/c1-4-5-6(9)7(2-8,11-4)3-10-5/h4-6,8-9H,2-3H2,1H3/t4-,5?,6?,7-/m0/s1. The van der Waals surface area contributed by atoms with Crippen LogP contribution >= 0.6 is 0 Å². The van der Waals surface area contributed by atoms with Crippen LogP contribution in [0.15, 0.2) is 0 Å². The van der Waals surface area contributed by atoms with Crippen molar-refractivity contribution >= 4 is 0 Å². The molecule has 2 heterocycles. The SMILES string of the molecule is C[C@@H]1O[C@@]2(CO)COC1C2O. The first-order valence-electron chi connectivity index (χ1n) is 3.78. The Morgan fingerprint density at radius 3 is 2.64 bits per heavy atom. The maximum Gasteiger partial charge on any atom is 0.143 e. The third kappa shape index (κ3) is 0.780. The van der Waals surface area contributed by atoms with Gasteiger partial charge in [0.05, 0.1) is 19.3 Å². The molecule has 2 rings (SSSR count). The number of aliphatic hydroxyl groups is 2. The molecule has 4 heteroatoms. The molecule has 0 saturated carbocycles. The molecule has 0 radical (unpaired) electrons. The minimum atomic E-state index is -0.829. The zero-order valence-electron chi connectivity index (χ0n) is 6.36. The average molecular weight is 160 g/mol. The van der Waals surface area contributed by atoms with Crippen LogP contribution in [0.25, 0.3) is 0 Å². The van der Waals surface area contributed by atoms with Gasteiger partial charge in [-0.3, -0.25) is 0 Å². The number of ether oxygens (including phenoxy) is 2.